The van der Waals surface area contributed by atoms with Crippen molar-refractivity contribution < 1.29 is 18.3 Å². The number of rotatable bonds is 3. The number of phenolic OH excluding ortho intramolecular Hbond substituents is 1. The second-order valence-electron chi connectivity index (χ2n) is 4.29. The van der Waals surface area contributed by atoms with Crippen LogP contribution in [0.15, 0.2) is 40.9 Å². The largest absolute Gasteiger partial charge is 0.506 e. The third-order valence-corrected chi connectivity index (χ3v) is 3.82. The summed E-state index contributed by atoms with van der Waals surface area (Å²) < 4.78 is 38.4. The van der Waals surface area contributed by atoms with E-state index in [1.807, 2.05) is 0 Å². The van der Waals surface area contributed by atoms with Gasteiger partial charge in [0.1, 0.15) is 5.75 Å². The summed E-state index contributed by atoms with van der Waals surface area (Å²) in [5.74, 6) is -0.0835. The lowest BCUT2D eigenvalue weighted by molar-refractivity contribution is -0.138. The summed E-state index contributed by atoms with van der Waals surface area (Å²) in [5.41, 5.74) is 0.0340. The quantitative estimate of drug-likeness (QED) is 0.743. The van der Waals surface area contributed by atoms with Gasteiger partial charge in [-0.05, 0) is 24.3 Å². The lowest BCUT2D eigenvalue weighted by Crippen LogP contribution is -2.07. The van der Waals surface area contributed by atoms with Crippen molar-refractivity contribution in [2.75, 3.05) is 5.32 Å². The third-order valence-electron chi connectivity index (χ3n) is 2.83. The molecule has 0 spiro atoms. The van der Waals surface area contributed by atoms with Gasteiger partial charge in [0.2, 0.25) is 0 Å². The first-order valence-corrected chi connectivity index (χ1v) is 7.03. The van der Waals surface area contributed by atoms with Gasteiger partial charge >= 0.3 is 6.18 Å². The van der Waals surface area contributed by atoms with E-state index in [0.29, 0.717) is 11.3 Å². The van der Waals surface area contributed by atoms with Crippen molar-refractivity contribution in [3.8, 4) is 5.75 Å². The zero-order chi connectivity index (χ0) is 15.6. The van der Waals surface area contributed by atoms with Gasteiger partial charge in [-0.15, -0.1) is 0 Å². The average Bonchev–Trinajstić information content (AvgIpc) is 2.40. The molecule has 0 aromatic heterocycles. The Balaban J connectivity index is 2.19. The fraction of sp³-hybridized carbons (Fsp3) is 0.143. The van der Waals surface area contributed by atoms with Crippen LogP contribution in [0.2, 0.25) is 5.02 Å². The molecule has 0 aliphatic carbocycles. The van der Waals surface area contributed by atoms with Gasteiger partial charge in [-0.1, -0.05) is 39.7 Å². The molecule has 0 amide bonds. The van der Waals surface area contributed by atoms with Crippen molar-refractivity contribution in [2.45, 2.75) is 12.7 Å². The maximum Gasteiger partial charge on any atom is 0.417 e. The van der Waals surface area contributed by atoms with Crippen molar-refractivity contribution in [1.82, 2.24) is 0 Å². The van der Waals surface area contributed by atoms with Crippen molar-refractivity contribution in [1.29, 1.82) is 0 Å². The SMILES string of the molecule is Oc1c(Cl)cccc1CNc1ccc(Br)c(C(F)(F)F)c1. The fourth-order valence-electron chi connectivity index (χ4n) is 1.75. The van der Waals surface area contributed by atoms with Crippen LogP contribution in [0.25, 0.3) is 0 Å². The molecule has 0 saturated carbocycles. The molecule has 0 radical (unpaired) electrons. The van der Waals surface area contributed by atoms with Gasteiger partial charge in [0, 0.05) is 22.3 Å². The highest BCUT2D eigenvalue weighted by molar-refractivity contribution is 9.10. The molecule has 0 bridgehead atoms. The van der Waals surface area contributed by atoms with Crippen molar-refractivity contribution >= 4 is 33.2 Å². The van der Waals surface area contributed by atoms with Gasteiger partial charge in [-0.3, -0.25) is 0 Å². The van der Waals surface area contributed by atoms with E-state index in [-0.39, 0.29) is 21.8 Å². The Morgan fingerprint density at radius 2 is 1.90 bits per heavy atom. The first-order valence-electron chi connectivity index (χ1n) is 5.86. The van der Waals surface area contributed by atoms with Gasteiger partial charge in [0.05, 0.1) is 10.6 Å². The molecule has 21 heavy (non-hydrogen) atoms. The van der Waals surface area contributed by atoms with Gasteiger partial charge in [-0.2, -0.15) is 13.2 Å². The molecule has 2 aromatic carbocycles. The van der Waals surface area contributed by atoms with Crippen molar-refractivity contribution in [2.24, 2.45) is 0 Å². The van der Waals surface area contributed by atoms with E-state index in [1.165, 1.54) is 18.2 Å². The maximum atomic E-state index is 12.8. The summed E-state index contributed by atoms with van der Waals surface area (Å²) in [5, 5.41) is 12.8. The predicted octanol–water partition coefficient (Wildman–Crippen LogP) is 5.44. The zero-order valence-corrected chi connectivity index (χ0v) is 12.9. The minimum absolute atomic E-state index is 0.0221. The summed E-state index contributed by atoms with van der Waals surface area (Å²) in [6, 6.07) is 8.66. The Hall–Kier alpha value is -1.40. The van der Waals surface area contributed by atoms with Crippen LogP contribution < -0.4 is 5.32 Å². The number of nitrogens with one attached hydrogen (secondary N) is 1. The van der Waals surface area contributed by atoms with E-state index in [1.54, 1.807) is 12.1 Å². The summed E-state index contributed by atoms with van der Waals surface area (Å²) in [6.07, 6.45) is -4.44. The summed E-state index contributed by atoms with van der Waals surface area (Å²) >= 11 is 8.65. The monoisotopic (exact) mass is 379 g/mol. The van der Waals surface area contributed by atoms with Gasteiger partial charge in [-0.25, -0.2) is 0 Å². The highest BCUT2D eigenvalue weighted by Crippen LogP contribution is 2.36. The minimum Gasteiger partial charge on any atom is -0.506 e. The maximum absolute atomic E-state index is 12.8. The minimum atomic E-state index is -4.44. The first kappa shape index (κ1) is 16.0. The van der Waals surface area contributed by atoms with E-state index >= 15 is 0 Å². The lowest BCUT2D eigenvalue weighted by Gasteiger charge is -2.13. The third kappa shape index (κ3) is 3.83. The first-order chi connectivity index (χ1) is 9.79. The number of hydrogen-bond donors (Lipinski definition) is 2. The number of phenols is 1. The summed E-state index contributed by atoms with van der Waals surface area (Å²) in [6.45, 7) is 0.158. The number of halogens is 5. The standard InChI is InChI=1S/C14H10BrClF3NO/c15-11-5-4-9(6-10(11)14(17,18)19)20-7-8-2-1-3-12(16)13(8)21/h1-6,20-21H,7H2. The molecular formula is C14H10BrClF3NO. The van der Waals surface area contributed by atoms with Crippen LogP contribution in [0, 0.1) is 0 Å². The lowest BCUT2D eigenvalue weighted by atomic mass is 10.1. The van der Waals surface area contributed by atoms with Crippen molar-refractivity contribution in [3.05, 3.63) is 57.0 Å². The fourth-order valence-corrected chi connectivity index (χ4v) is 2.42. The van der Waals surface area contributed by atoms with Crippen LogP contribution in [0.3, 0.4) is 0 Å². The highest BCUT2D eigenvalue weighted by Gasteiger charge is 2.33. The summed E-state index contributed by atoms with van der Waals surface area (Å²) in [4.78, 5) is 0. The Labute approximate surface area is 132 Å². The average molecular weight is 381 g/mol. The number of alkyl halides is 3. The Bertz CT molecular complexity index is 661. The number of hydrogen-bond acceptors (Lipinski definition) is 2. The molecule has 0 heterocycles. The normalized spacial score (nSPS) is 11.5. The number of anilines is 1. The van der Waals surface area contributed by atoms with E-state index in [0.717, 1.165) is 6.07 Å². The number of benzene rings is 2. The smallest absolute Gasteiger partial charge is 0.417 e. The topological polar surface area (TPSA) is 32.3 Å². The van der Waals surface area contributed by atoms with Crippen LogP contribution in [0.1, 0.15) is 11.1 Å². The molecule has 0 aliphatic heterocycles. The van der Waals surface area contributed by atoms with E-state index < -0.39 is 11.7 Å². The molecule has 2 aromatic rings. The molecule has 0 atom stereocenters. The highest BCUT2D eigenvalue weighted by atomic mass is 79.9. The van der Waals surface area contributed by atoms with Crippen LogP contribution in [-0.4, -0.2) is 5.11 Å². The molecule has 0 unspecified atom stereocenters. The molecule has 2 rings (SSSR count). The molecule has 2 nitrogen and oxygen atoms in total. The van der Waals surface area contributed by atoms with Crippen LogP contribution in [0.5, 0.6) is 5.75 Å². The second kappa shape index (κ2) is 6.15. The zero-order valence-electron chi connectivity index (χ0n) is 10.5. The molecule has 0 aliphatic rings. The predicted molar refractivity (Wildman–Crippen MR) is 79.6 cm³/mol. The Morgan fingerprint density at radius 3 is 2.57 bits per heavy atom. The Kier molecular flexibility index (Phi) is 4.68. The van der Waals surface area contributed by atoms with Crippen molar-refractivity contribution in [3.63, 3.8) is 0 Å². The molecule has 7 heteroatoms. The van der Waals surface area contributed by atoms with E-state index in [4.69, 9.17) is 11.6 Å². The van der Waals surface area contributed by atoms with Crippen LogP contribution >= 0.6 is 27.5 Å². The van der Waals surface area contributed by atoms with Gasteiger partial charge in [0.25, 0.3) is 0 Å². The number of para-hydroxylation sites is 1. The van der Waals surface area contributed by atoms with Crippen LogP contribution in [0.4, 0.5) is 18.9 Å². The van der Waals surface area contributed by atoms with E-state index in [2.05, 4.69) is 21.2 Å². The summed E-state index contributed by atoms with van der Waals surface area (Å²) in [7, 11) is 0. The van der Waals surface area contributed by atoms with Gasteiger partial charge in [0.15, 0.2) is 0 Å². The molecule has 0 saturated heterocycles. The van der Waals surface area contributed by atoms with Gasteiger partial charge < -0.3 is 10.4 Å². The molecule has 112 valence electrons. The second-order valence-corrected chi connectivity index (χ2v) is 5.56. The van der Waals surface area contributed by atoms with Crippen LogP contribution in [-0.2, 0) is 12.7 Å². The molecular weight excluding hydrogens is 371 g/mol. The molecule has 0 fully saturated rings. The Morgan fingerprint density at radius 1 is 1.19 bits per heavy atom. The van der Waals surface area contributed by atoms with E-state index in [9.17, 15) is 18.3 Å². The number of aromatic hydroxyl groups is 1. The molecule has 2 N–H and O–H groups in total.